The first-order valence-electron chi connectivity index (χ1n) is 13.8. The predicted molar refractivity (Wildman–Crippen MR) is 154 cm³/mol. The van der Waals surface area contributed by atoms with Gasteiger partial charge in [-0.25, -0.2) is 13.6 Å². The third-order valence-corrected chi connectivity index (χ3v) is 7.40. The van der Waals surface area contributed by atoms with Crippen LogP contribution in [0.3, 0.4) is 0 Å². The summed E-state index contributed by atoms with van der Waals surface area (Å²) in [6.45, 7) is 11.7. The SMILES string of the molecule is CCOc1cccc(F)c1-n1ccc2c(-c3cc(F)c4c(c3C)CCCO4)c(C(OC(C)(C)C)C(=O)O)c(C)cc21. The van der Waals surface area contributed by atoms with Crippen LogP contribution in [0.4, 0.5) is 8.78 Å². The fourth-order valence-corrected chi connectivity index (χ4v) is 5.76. The number of carboxylic acid groups (broad SMARTS) is 1. The van der Waals surface area contributed by atoms with Gasteiger partial charge >= 0.3 is 5.97 Å². The number of para-hydroxylation sites is 1. The standard InChI is InChI=1S/C33H35F2NO5/c1-7-39-26-12-8-11-23(34)29(26)36-14-13-21-25(36)16-18(2)27(31(32(37)38)41-33(4,5)6)28(21)22-17-24(35)30-20(19(22)3)10-9-15-40-30/h8,11-14,16-17,31H,7,9-10,15H2,1-6H3,(H,37,38). The van der Waals surface area contributed by atoms with Crippen molar-refractivity contribution in [2.75, 3.05) is 13.2 Å². The Morgan fingerprint density at radius 3 is 2.59 bits per heavy atom. The van der Waals surface area contributed by atoms with Crippen molar-refractivity contribution in [2.24, 2.45) is 0 Å². The number of aliphatic carboxylic acids is 1. The summed E-state index contributed by atoms with van der Waals surface area (Å²) in [5.41, 5.74) is 3.79. The Morgan fingerprint density at radius 1 is 1.15 bits per heavy atom. The first kappa shape index (κ1) is 28.6. The van der Waals surface area contributed by atoms with Gasteiger partial charge in [0.2, 0.25) is 0 Å². The van der Waals surface area contributed by atoms with E-state index < -0.39 is 29.3 Å². The van der Waals surface area contributed by atoms with Crippen molar-refractivity contribution in [3.8, 4) is 28.3 Å². The molecule has 1 N–H and O–H groups in total. The third kappa shape index (κ3) is 5.17. The van der Waals surface area contributed by atoms with Crippen molar-refractivity contribution >= 4 is 16.9 Å². The largest absolute Gasteiger partial charge is 0.492 e. The van der Waals surface area contributed by atoms with Gasteiger partial charge in [0, 0.05) is 22.7 Å². The Bertz CT molecular complexity index is 1650. The number of ether oxygens (including phenoxy) is 3. The van der Waals surface area contributed by atoms with Crippen LogP contribution in [0.15, 0.2) is 42.6 Å². The normalized spacial score (nSPS) is 14.0. The second-order valence-electron chi connectivity index (χ2n) is 11.4. The number of hydrogen-bond donors (Lipinski definition) is 1. The smallest absolute Gasteiger partial charge is 0.337 e. The maximum absolute atomic E-state index is 15.6. The van der Waals surface area contributed by atoms with Gasteiger partial charge in [-0.2, -0.15) is 0 Å². The molecule has 3 aromatic carbocycles. The number of halogens is 2. The number of aromatic nitrogens is 1. The summed E-state index contributed by atoms with van der Waals surface area (Å²) in [5.74, 6) is -1.51. The topological polar surface area (TPSA) is 69.9 Å². The highest BCUT2D eigenvalue weighted by Gasteiger charge is 2.34. The number of aryl methyl sites for hydroxylation is 1. The molecule has 0 aliphatic carbocycles. The highest BCUT2D eigenvalue weighted by atomic mass is 19.1. The quantitative estimate of drug-likeness (QED) is 0.248. The minimum atomic E-state index is -1.33. The Balaban J connectivity index is 1.89. The summed E-state index contributed by atoms with van der Waals surface area (Å²) in [4.78, 5) is 12.7. The molecular formula is C33H35F2NO5. The zero-order valence-corrected chi connectivity index (χ0v) is 24.2. The fraction of sp³-hybridized carbons (Fsp3) is 0.364. The number of carbonyl (C=O) groups is 1. The summed E-state index contributed by atoms with van der Waals surface area (Å²) >= 11 is 0. The van der Waals surface area contributed by atoms with E-state index in [2.05, 4.69) is 0 Å². The van der Waals surface area contributed by atoms with E-state index in [0.717, 1.165) is 17.5 Å². The lowest BCUT2D eigenvalue weighted by Crippen LogP contribution is -2.28. The number of nitrogens with zero attached hydrogens (tertiary/aromatic N) is 1. The Kier molecular flexibility index (Phi) is 7.55. The van der Waals surface area contributed by atoms with Crippen LogP contribution in [-0.4, -0.2) is 34.5 Å². The monoisotopic (exact) mass is 563 g/mol. The number of fused-ring (bicyclic) bond motifs is 2. The van der Waals surface area contributed by atoms with Gasteiger partial charge in [0.05, 0.1) is 24.3 Å². The van der Waals surface area contributed by atoms with Crippen molar-refractivity contribution < 1.29 is 32.9 Å². The molecule has 0 radical (unpaired) electrons. The molecular weight excluding hydrogens is 528 g/mol. The molecule has 0 fully saturated rings. The molecule has 41 heavy (non-hydrogen) atoms. The predicted octanol–water partition coefficient (Wildman–Crippen LogP) is 7.86. The molecule has 0 saturated heterocycles. The molecule has 1 aromatic heterocycles. The molecule has 1 aliphatic rings. The summed E-state index contributed by atoms with van der Waals surface area (Å²) < 4.78 is 50.2. The van der Waals surface area contributed by atoms with Crippen LogP contribution in [0.2, 0.25) is 0 Å². The van der Waals surface area contributed by atoms with E-state index in [1.807, 2.05) is 19.9 Å². The van der Waals surface area contributed by atoms with E-state index in [4.69, 9.17) is 14.2 Å². The lowest BCUT2D eigenvalue weighted by molar-refractivity contribution is -0.160. The summed E-state index contributed by atoms with van der Waals surface area (Å²) in [6.07, 6.45) is 1.79. The van der Waals surface area contributed by atoms with Crippen molar-refractivity contribution in [1.29, 1.82) is 0 Å². The van der Waals surface area contributed by atoms with E-state index in [0.29, 0.717) is 58.5 Å². The van der Waals surface area contributed by atoms with Crippen LogP contribution in [0.1, 0.15) is 62.5 Å². The molecule has 8 heteroatoms. The van der Waals surface area contributed by atoms with Crippen LogP contribution in [0.5, 0.6) is 11.5 Å². The molecule has 1 unspecified atom stereocenters. The van der Waals surface area contributed by atoms with Crippen LogP contribution in [0.25, 0.3) is 27.7 Å². The van der Waals surface area contributed by atoms with Gasteiger partial charge < -0.3 is 23.9 Å². The van der Waals surface area contributed by atoms with Crippen LogP contribution < -0.4 is 9.47 Å². The van der Waals surface area contributed by atoms with Gasteiger partial charge in [-0.3, -0.25) is 0 Å². The average molecular weight is 564 g/mol. The minimum absolute atomic E-state index is 0.241. The molecule has 6 nitrogen and oxygen atoms in total. The maximum atomic E-state index is 15.6. The Morgan fingerprint density at radius 2 is 1.90 bits per heavy atom. The van der Waals surface area contributed by atoms with E-state index >= 15 is 8.78 Å². The number of carboxylic acids is 1. The van der Waals surface area contributed by atoms with Gasteiger partial charge in [-0.05, 0) is 107 Å². The Hall–Kier alpha value is -3.91. The van der Waals surface area contributed by atoms with E-state index in [-0.39, 0.29) is 11.4 Å². The second-order valence-corrected chi connectivity index (χ2v) is 11.4. The highest BCUT2D eigenvalue weighted by Crippen LogP contribution is 2.46. The van der Waals surface area contributed by atoms with E-state index in [9.17, 15) is 9.90 Å². The summed E-state index contributed by atoms with van der Waals surface area (Å²) in [7, 11) is 0. The molecule has 2 heterocycles. The molecule has 1 atom stereocenters. The molecule has 5 rings (SSSR count). The van der Waals surface area contributed by atoms with Crippen LogP contribution in [0, 0.1) is 25.5 Å². The number of hydrogen-bond acceptors (Lipinski definition) is 4. The molecule has 0 bridgehead atoms. The summed E-state index contributed by atoms with van der Waals surface area (Å²) in [6, 6.07) is 9.71. The van der Waals surface area contributed by atoms with Crippen LogP contribution in [-0.2, 0) is 16.0 Å². The summed E-state index contributed by atoms with van der Waals surface area (Å²) in [5, 5.41) is 11.0. The van der Waals surface area contributed by atoms with Gasteiger partial charge in [0.25, 0.3) is 0 Å². The van der Waals surface area contributed by atoms with Gasteiger partial charge in [0.1, 0.15) is 11.4 Å². The average Bonchev–Trinajstić information content (AvgIpc) is 3.31. The van der Waals surface area contributed by atoms with Gasteiger partial charge in [0.15, 0.2) is 23.5 Å². The zero-order valence-electron chi connectivity index (χ0n) is 24.2. The van der Waals surface area contributed by atoms with Gasteiger partial charge in [-0.1, -0.05) is 6.07 Å². The fourth-order valence-electron chi connectivity index (χ4n) is 5.76. The maximum Gasteiger partial charge on any atom is 0.337 e. The lowest BCUT2D eigenvalue weighted by Gasteiger charge is -2.29. The first-order chi connectivity index (χ1) is 19.4. The minimum Gasteiger partial charge on any atom is -0.492 e. The van der Waals surface area contributed by atoms with Crippen molar-refractivity contribution in [3.05, 3.63) is 76.5 Å². The van der Waals surface area contributed by atoms with E-state index in [1.54, 1.807) is 56.7 Å². The molecule has 0 saturated carbocycles. The molecule has 0 spiro atoms. The van der Waals surface area contributed by atoms with Crippen molar-refractivity contribution in [2.45, 2.75) is 66.1 Å². The first-order valence-corrected chi connectivity index (χ1v) is 13.8. The lowest BCUT2D eigenvalue weighted by atomic mass is 9.85. The Labute approximate surface area is 238 Å². The molecule has 0 amide bonds. The zero-order chi connectivity index (χ0) is 29.6. The van der Waals surface area contributed by atoms with Crippen molar-refractivity contribution in [3.63, 3.8) is 0 Å². The third-order valence-electron chi connectivity index (χ3n) is 7.40. The molecule has 4 aromatic rings. The second kappa shape index (κ2) is 10.8. The highest BCUT2D eigenvalue weighted by molar-refractivity contribution is 6.01. The van der Waals surface area contributed by atoms with Gasteiger partial charge in [-0.15, -0.1) is 0 Å². The van der Waals surface area contributed by atoms with E-state index in [1.165, 1.54) is 12.1 Å². The number of rotatable bonds is 7. The molecule has 1 aliphatic heterocycles. The number of benzene rings is 3. The molecule has 216 valence electrons. The van der Waals surface area contributed by atoms with Crippen molar-refractivity contribution in [1.82, 2.24) is 4.57 Å². The van der Waals surface area contributed by atoms with Crippen LogP contribution >= 0.6 is 0 Å².